The number of hydrogen-bond acceptors (Lipinski definition) is 5. The van der Waals surface area contributed by atoms with Gasteiger partial charge in [-0.3, -0.25) is 18.7 Å². The van der Waals surface area contributed by atoms with Gasteiger partial charge in [0.2, 0.25) is 0 Å². The second-order valence-corrected chi connectivity index (χ2v) is 8.24. The SMILES string of the molecule is Cc1cc(C(=O)Nc2cnc3c(c2)c(=O)n(C)c(=O)n3C)c(C)n1Cc1cccs1. The molecule has 1 N–H and O–H groups in total. The minimum Gasteiger partial charge on any atom is -0.343 e. The van der Waals surface area contributed by atoms with Crippen LogP contribution < -0.4 is 16.6 Å². The molecule has 0 aliphatic carbocycles. The fraction of sp³-hybridized carbons (Fsp3) is 0.238. The molecule has 1 amide bonds. The second-order valence-electron chi connectivity index (χ2n) is 7.21. The number of carbonyl (C=O) groups is 1. The van der Waals surface area contributed by atoms with Crippen LogP contribution >= 0.6 is 11.3 Å². The zero-order valence-electron chi connectivity index (χ0n) is 17.1. The smallest absolute Gasteiger partial charge is 0.332 e. The van der Waals surface area contributed by atoms with Crippen LogP contribution in [0.2, 0.25) is 0 Å². The van der Waals surface area contributed by atoms with E-state index >= 15 is 0 Å². The van der Waals surface area contributed by atoms with Gasteiger partial charge < -0.3 is 9.88 Å². The van der Waals surface area contributed by atoms with E-state index in [1.807, 2.05) is 31.4 Å². The summed E-state index contributed by atoms with van der Waals surface area (Å²) in [5.74, 6) is -0.275. The molecule has 30 heavy (non-hydrogen) atoms. The number of amides is 1. The molecule has 0 saturated carbocycles. The Morgan fingerprint density at radius 1 is 1.17 bits per heavy atom. The summed E-state index contributed by atoms with van der Waals surface area (Å²) in [6.07, 6.45) is 1.45. The molecule has 9 heteroatoms. The fourth-order valence-electron chi connectivity index (χ4n) is 3.56. The standard InChI is InChI=1S/C21H21N5O3S/c1-12-8-16(13(2)26(12)11-15-6-5-7-30-15)19(27)23-14-9-17-18(22-10-14)24(3)21(29)25(4)20(17)28/h5-10H,11H2,1-4H3,(H,23,27). The van der Waals surface area contributed by atoms with Crippen LogP contribution in [0.25, 0.3) is 11.0 Å². The summed E-state index contributed by atoms with van der Waals surface area (Å²) in [5, 5.41) is 5.12. The van der Waals surface area contributed by atoms with Crippen LogP contribution in [0, 0.1) is 13.8 Å². The average molecular weight is 423 g/mol. The lowest BCUT2D eigenvalue weighted by Crippen LogP contribution is -2.37. The van der Waals surface area contributed by atoms with Crippen molar-refractivity contribution < 1.29 is 4.79 Å². The Morgan fingerprint density at radius 3 is 2.63 bits per heavy atom. The maximum Gasteiger partial charge on any atom is 0.332 e. The number of nitrogens with zero attached hydrogens (tertiary/aromatic N) is 4. The molecule has 154 valence electrons. The lowest BCUT2D eigenvalue weighted by atomic mass is 10.2. The Bertz CT molecular complexity index is 1390. The zero-order valence-corrected chi connectivity index (χ0v) is 17.9. The summed E-state index contributed by atoms with van der Waals surface area (Å²) in [5.41, 5.74) is 2.19. The van der Waals surface area contributed by atoms with Gasteiger partial charge in [0.25, 0.3) is 11.5 Å². The molecule has 4 aromatic heterocycles. The first-order valence-electron chi connectivity index (χ1n) is 9.34. The highest BCUT2D eigenvalue weighted by atomic mass is 32.1. The van der Waals surface area contributed by atoms with Crippen molar-refractivity contribution >= 4 is 34.0 Å². The molecule has 4 rings (SSSR count). The average Bonchev–Trinajstić information content (AvgIpc) is 3.34. The Kier molecular flexibility index (Phi) is 4.90. The Morgan fingerprint density at radius 2 is 1.93 bits per heavy atom. The molecule has 0 bridgehead atoms. The maximum absolute atomic E-state index is 12.9. The van der Waals surface area contributed by atoms with Crippen molar-refractivity contribution in [1.82, 2.24) is 18.7 Å². The normalized spacial score (nSPS) is 11.2. The number of rotatable bonds is 4. The Balaban J connectivity index is 1.67. The van der Waals surface area contributed by atoms with Crippen molar-refractivity contribution in [1.29, 1.82) is 0 Å². The monoisotopic (exact) mass is 423 g/mol. The summed E-state index contributed by atoms with van der Waals surface area (Å²) in [6.45, 7) is 4.60. The molecule has 4 aromatic rings. The minimum atomic E-state index is -0.453. The number of thiophene rings is 1. The van der Waals surface area contributed by atoms with Crippen LogP contribution in [-0.2, 0) is 20.6 Å². The molecule has 0 radical (unpaired) electrons. The second kappa shape index (κ2) is 7.42. The number of aryl methyl sites for hydroxylation is 2. The lowest BCUT2D eigenvalue weighted by molar-refractivity contribution is 0.102. The van der Waals surface area contributed by atoms with Gasteiger partial charge in [-0.15, -0.1) is 11.3 Å². The van der Waals surface area contributed by atoms with Crippen LogP contribution in [-0.4, -0.2) is 24.6 Å². The number of fused-ring (bicyclic) bond motifs is 1. The molecule has 0 atom stereocenters. The van der Waals surface area contributed by atoms with Crippen LogP contribution in [0.3, 0.4) is 0 Å². The quantitative estimate of drug-likeness (QED) is 0.546. The van der Waals surface area contributed by atoms with Gasteiger partial charge in [-0.25, -0.2) is 9.78 Å². The molecule has 0 unspecified atom stereocenters. The van der Waals surface area contributed by atoms with E-state index in [2.05, 4.69) is 20.9 Å². The van der Waals surface area contributed by atoms with E-state index in [1.54, 1.807) is 24.5 Å². The van der Waals surface area contributed by atoms with Crippen LogP contribution in [0.15, 0.2) is 45.4 Å². The molecule has 8 nitrogen and oxygen atoms in total. The van der Waals surface area contributed by atoms with E-state index in [1.165, 1.54) is 22.7 Å². The number of hydrogen-bond donors (Lipinski definition) is 1. The highest BCUT2D eigenvalue weighted by Crippen LogP contribution is 2.21. The van der Waals surface area contributed by atoms with E-state index in [0.717, 1.165) is 16.0 Å². The molecule has 0 aliphatic rings. The molecule has 0 fully saturated rings. The van der Waals surface area contributed by atoms with Gasteiger partial charge in [0, 0.05) is 30.4 Å². The van der Waals surface area contributed by atoms with Crippen molar-refractivity contribution in [2.75, 3.05) is 5.32 Å². The largest absolute Gasteiger partial charge is 0.343 e. The van der Waals surface area contributed by atoms with Gasteiger partial charge in [-0.1, -0.05) is 6.07 Å². The van der Waals surface area contributed by atoms with Crippen molar-refractivity contribution in [3.8, 4) is 0 Å². The maximum atomic E-state index is 12.9. The van der Waals surface area contributed by atoms with Crippen LogP contribution in [0.5, 0.6) is 0 Å². The fourth-order valence-corrected chi connectivity index (χ4v) is 4.26. The first-order chi connectivity index (χ1) is 14.3. The summed E-state index contributed by atoms with van der Waals surface area (Å²) < 4.78 is 4.43. The van der Waals surface area contributed by atoms with Gasteiger partial charge in [-0.05, 0) is 37.4 Å². The Labute approximate surface area is 176 Å². The molecular weight excluding hydrogens is 402 g/mol. The van der Waals surface area contributed by atoms with Crippen LogP contribution in [0.4, 0.5) is 5.69 Å². The van der Waals surface area contributed by atoms with Crippen molar-refractivity contribution in [2.24, 2.45) is 14.1 Å². The predicted octanol–water partition coefficient (Wildman–Crippen LogP) is 2.41. The van der Waals surface area contributed by atoms with Crippen molar-refractivity contribution in [2.45, 2.75) is 20.4 Å². The Hall–Kier alpha value is -3.46. The number of pyridine rings is 1. The van der Waals surface area contributed by atoms with Crippen molar-refractivity contribution in [3.05, 3.63) is 78.5 Å². The van der Waals surface area contributed by atoms with Gasteiger partial charge in [0.1, 0.15) is 5.65 Å². The number of nitrogens with one attached hydrogen (secondary N) is 1. The van der Waals surface area contributed by atoms with Crippen LogP contribution in [0.1, 0.15) is 26.6 Å². The zero-order chi connectivity index (χ0) is 21.6. The molecule has 0 aliphatic heterocycles. The van der Waals surface area contributed by atoms with E-state index in [0.29, 0.717) is 17.8 Å². The lowest BCUT2D eigenvalue weighted by Gasteiger charge is -2.10. The number of carbonyl (C=O) groups excluding carboxylic acids is 1. The number of aromatic nitrogens is 4. The topological polar surface area (TPSA) is 90.9 Å². The third kappa shape index (κ3) is 3.26. The minimum absolute atomic E-state index is 0.264. The molecule has 0 saturated heterocycles. The number of anilines is 1. The summed E-state index contributed by atoms with van der Waals surface area (Å²) in [4.78, 5) is 42.9. The van der Waals surface area contributed by atoms with E-state index < -0.39 is 11.2 Å². The molecule has 0 aromatic carbocycles. The van der Waals surface area contributed by atoms with Gasteiger partial charge in [-0.2, -0.15) is 0 Å². The van der Waals surface area contributed by atoms with Gasteiger partial charge in [0.15, 0.2) is 0 Å². The van der Waals surface area contributed by atoms with E-state index in [9.17, 15) is 14.4 Å². The first-order valence-corrected chi connectivity index (χ1v) is 10.2. The predicted molar refractivity (Wildman–Crippen MR) is 118 cm³/mol. The summed E-state index contributed by atoms with van der Waals surface area (Å²) in [7, 11) is 2.97. The van der Waals surface area contributed by atoms with E-state index in [4.69, 9.17) is 0 Å². The van der Waals surface area contributed by atoms with Gasteiger partial charge >= 0.3 is 5.69 Å². The highest BCUT2D eigenvalue weighted by molar-refractivity contribution is 7.09. The highest BCUT2D eigenvalue weighted by Gasteiger charge is 2.17. The third-order valence-corrected chi connectivity index (χ3v) is 6.12. The molecule has 4 heterocycles. The van der Waals surface area contributed by atoms with Gasteiger partial charge in [0.05, 0.1) is 29.4 Å². The summed E-state index contributed by atoms with van der Waals surface area (Å²) in [6, 6.07) is 7.48. The van der Waals surface area contributed by atoms with Crippen molar-refractivity contribution in [3.63, 3.8) is 0 Å². The third-order valence-electron chi connectivity index (χ3n) is 5.26. The molecule has 0 spiro atoms. The first kappa shape index (κ1) is 19.8. The molecular formula is C21H21N5O3S. The summed E-state index contributed by atoms with van der Waals surface area (Å²) >= 11 is 1.68. The van der Waals surface area contributed by atoms with E-state index in [-0.39, 0.29) is 16.9 Å².